The summed E-state index contributed by atoms with van der Waals surface area (Å²) in [6.07, 6.45) is 3.79. The minimum Gasteiger partial charge on any atom is -0.349 e. The van der Waals surface area contributed by atoms with Crippen LogP contribution < -0.4 is 5.32 Å². The lowest BCUT2D eigenvalue weighted by Crippen LogP contribution is -2.25. The van der Waals surface area contributed by atoms with Crippen molar-refractivity contribution in [1.82, 2.24) is 15.1 Å². The second-order valence-electron chi connectivity index (χ2n) is 7.68. The predicted molar refractivity (Wildman–Crippen MR) is 119 cm³/mol. The summed E-state index contributed by atoms with van der Waals surface area (Å²) < 4.78 is 17.5. The van der Waals surface area contributed by atoms with Gasteiger partial charge in [0.15, 0.2) is 0 Å². The zero-order chi connectivity index (χ0) is 20.8. The highest BCUT2D eigenvalue weighted by molar-refractivity contribution is 9.10. The van der Waals surface area contributed by atoms with Crippen molar-refractivity contribution in [1.29, 1.82) is 0 Å². The average Bonchev–Trinajstić information content (AvgIpc) is 3.46. The van der Waals surface area contributed by atoms with Gasteiger partial charge in [-0.2, -0.15) is 5.10 Å². The van der Waals surface area contributed by atoms with Gasteiger partial charge < -0.3 is 5.32 Å². The number of nitrogens with zero attached hydrogens (tertiary/aromatic N) is 2. The predicted octanol–water partition coefficient (Wildman–Crippen LogP) is 5.79. The first-order valence-corrected chi connectivity index (χ1v) is 10.6. The molecule has 30 heavy (non-hydrogen) atoms. The van der Waals surface area contributed by atoms with Crippen LogP contribution >= 0.6 is 15.9 Å². The highest BCUT2D eigenvalue weighted by Crippen LogP contribution is 2.31. The smallest absolute Gasteiger partial charge is 0.251 e. The monoisotopic (exact) mass is 463 g/mol. The molecule has 0 radical (unpaired) electrons. The molecule has 150 valence electrons. The van der Waals surface area contributed by atoms with Gasteiger partial charge in [-0.1, -0.05) is 22.0 Å². The fraction of sp³-hybridized carbons (Fsp3) is 0.167. The van der Waals surface area contributed by atoms with Crippen LogP contribution in [-0.2, 0) is 0 Å². The summed E-state index contributed by atoms with van der Waals surface area (Å²) in [6, 6.07) is 17.2. The lowest BCUT2D eigenvalue weighted by Gasteiger charge is -2.11. The lowest BCUT2D eigenvalue weighted by molar-refractivity contribution is 0.0950. The van der Waals surface area contributed by atoms with Gasteiger partial charge in [0.2, 0.25) is 0 Å². The Balaban J connectivity index is 1.55. The molecule has 1 amide bonds. The molecule has 5 rings (SSSR count). The van der Waals surface area contributed by atoms with Gasteiger partial charge in [-0.3, -0.25) is 4.79 Å². The van der Waals surface area contributed by atoms with Crippen LogP contribution in [0, 0.1) is 12.7 Å². The molecule has 0 unspecified atom stereocenters. The Hall–Kier alpha value is -2.99. The quantitative estimate of drug-likeness (QED) is 0.415. The van der Waals surface area contributed by atoms with E-state index in [0.717, 1.165) is 39.5 Å². The highest BCUT2D eigenvalue weighted by atomic mass is 79.9. The van der Waals surface area contributed by atoms with Crippen LogP contribution in [0.4, 0.5) is 4.39 Å². The SMILES string of the molecule is Cc1c(F)cc(C(=O)NC2CC2)cc1-c1ccc2c(cnn2-c2ccc(Br)cc2)c1. The Morgan fingerprint density at radius 1 is 1.13 bits per heavy atom. The van der Waals surface area contributed by atoms with Crippen LogP contribution in [0.5, 0.6) is 0 Å². The molecule has 1 aliphatic carbocycles. The molecular formula is C24H19BrFN3O. The van der Waals surface area contributed by atoms with Gasteiger partial charge in [0.1, 0.15) is 5.82 Å². The number of halogens is 2. The van der Waals surface area contributed by atoms with E-state index in [2.05, 4.69) is 26.3 Å². The van der Waals surface area contributed by atoms with E-state index in [1.54, 1.807) is 19.2 Å². The number of amides is 1. The van der Waals surface area contributed by atoms with Crippen LogP contribution in [0.1, 0.15) is 28.8 Å². The van der Waals surface area contributed by atoms with Crippen LogP contribution in [0.3, 0.4) is 0 Å². The number of carbonyl (C=O) groups excluding carboxylic acids is 1. The number of fused-ring (bicyclic) bond motifs is 1. The summed E-state index contributed by atoms with van der Waals surface area (Å²) in [5, 5.41) is 8.39. The third-order valence-corrected chi connectivity index (χ3v) is 6.00. The average molecular weight is 464 g/mol. The largest absolute Gasteiger partial charge is 0.349 e. The van der Waals surface area contributed by atoms with E-state index in [9.17, 15) is 9.18 Å². The summed E-state index contributed by atoms with van der Waals surface area (Å²) >= 11 is 3.45. The molecule has 4 aromatic rings. The van der Waals surface area contributed by atoms with Crippen molar-refractivity contribution in [2.24, 2.45) is 0 Å². The number of carbonyl (C=O) groups is 1. The molecule has 6 heteroatoms. The Kier molecular flexibility index (Phi) is 4.66. The fourth-order valence-corrected chi connectivity index (χ4v) is 3.86. The minimum absolute atomic E-state index is 0.221. The Morgan fingerprint density at radius 3 is 2.63 bits per heavy atom. The first kappa shape index (κ1) is 19.0. The molecule has 3 aromatic carbocycles. The van der Waals surface area contributed by atoms with E-state index >= 15 is 0 Å². The number of rotatable bonds is 4. The van der Waals surface area contributed by atoms with Gasteiger partial charge in [-0.15, -0.1) is 0 Å². The molecule has 4 nitrogen and oxygen atoms in total. The second-order valence-corrected chi connectivity index (χ2v) is 8.60. The molecule has 1 aliphatic rings. The van der Waals surface area contributed by atoms with E-state index in [-0.39, 0.29) is 17.8 Å². The molecule has 0 spiro atoms. The summed E-state index contributed by atoms with van der Waals surface area (Å²) in [5.74, 6) is -0.596. The Bertz CT molecular complexity index is 1280. The molecule has 0 atom stereocenters. The van der Waals surface area contributed by atoms with Crippen LogP contribution in [0.15, 0.2) is 65.3 Å². The van der Waals surface area contributed by atoms with E-state index in [1.165, 1.54) is 6.07 Å². The van der Waals surface area contributed by atoms with Crippen molar-refractivity contribution in [3.63, 3.8) is 0 Å². The van der Waals surface area contributed by atoms with E-state index < -0.39 is 0 Å². The minimum atomic E-state index is -0.376. The van der Waals surface area contributed by atoms with Crippen molar-refractivity contribution >= 4 is 32.7 Å². The molecule has 0 bridgehead atoms. The third-order valence-electron chi connectivity index (χ3n) is 5.47. The van der Waals surface area contributed by atoms with Gasteiger partial charge >= 0.3 is 0 Å². The maximum absolute atomic E-state index is 14.6. The normalized spacial score (nSPS) is 13.6. The molecule has 0 saturated heterocycles. The van der Waals surface area contributed by atoms with Gasteiger partial charge in [0.25, 0.3) is 5.91 Å². The zero-order valence-corrected chi connectivity index (χ0v) is 17.9. The number of benzene rings is 3. The molecule has 1 heterocycles. The van der Waals surface area contributed by atoms with Crippen molar-refractivity contribution in [3.05, 3.63) is 82.2 Å². The van der Waals surface area contributed by atoms with Crippen LogP contribution in [0.2, 0.25) is 0 Å². The molecule has 1 N–H and O–H groups in total. The van der Waals surface area contributed by atoms with Crippen molar-refractivity contribution in [2.45, 2.75) is 25.8 Å². The second kappa shape index (κ2) is 7.36. The highest BCUT2D eigenvalue weighted by Gasteiger charge is 2.24. The molecule has 0 aliphatic heterocycles. The molecule has 1 fully saturated rings. The van der Waals surface area contributed by atoms with Crippen LogP contribution in [0.25, 0.3) is 27.7 Å². The van der Waals surface area contributed by atoms with E-state index in [4.69, 9.17) is 0 Å². The van der Waals surface area contributed by atoms with Gasteiger partial charge in [0.05, 0.1) is 17.4 Å². The maximum Gasteiger partial charge on any atom is 0.251 e. The first-order valence-electron chi connectivity index (χ1n) is 9.85. The third kappa shape index (κ3) is 3.52. The standard InChI is InChI=1S/C24H19BrFN3O/c1-14-21(11-16(12-22(14)26)24(30)28-19-5-6-19)15-2-9-23-17(10-15)13-27-29(23)20-7-3-18(25)4-8-20/h2-4,7-13,19H,5-6H2,1H3,(H,28,30). The number of hydrogen-bond donors (Lipinski definition) is 1. The van der Waals surface area contributed by atoms with Gasteiger partial charge in [-0.25, -0.2) is 9.07 Å². The number of nitrogens with one attached hydrogen (secondary N) is 1. The van der Waals surface area contributed by atoms with Crippen molar-refractivity contribution < 1.29 is 9.18 Å². The van der Waals surface area contributed by atoms with Gasteiger partial charge in [0, 0.05) is 21.5 Å². The van der Waals surface area contributed by atoms with Crippen molar-refractivity contribution in [2.75, 3.05) is 0 Å². The van der Waals surface area contributed by atoms with Gasteiger partial charge in [-0.05, 0) is 85.0 Å². The summed E-state index contributed by atoms with van der Waals surface area (Å²) in [6.45, 7) is 1.74. The fourth-order valence-electron chi connectivity index (χ4n) is 3.59. The van der Waals surface area contributed by atoms with E-state index in [0.29, 0.717) is 16.7 Å². The summed E-state index contributed by atoms with van der Waals surface area (Å²) in [7, 11) is 0. The number of hydrogen-bond acceptors (Lipinski definition) is 2. The summed E-state index contributed by atoms with van der Waals surface area (Å²) in [4.78, 5) is 12.4. The lowest BCUT2D eigenvalue weighted by atomic mass is 9.96. The summed E-state index contributed by atoms with van der Waals surface area (Å²) in [5.41, 5.74) is 4.37. The molecule has 1 aromatic heterocycles. The van der Waals surface area contributed by atoms with Crippen LogP contribution in [-0.4, -0.2) is 21.7 Å². The maximum atomic E-state index is 14.6. The molecule has 1 saturated carbocycles. The number of aromatic nitrogens is 2. The zero-order valence-electron chi connectivity index (χ0n) is 16.3. The topological polar surface area (TPSA) is 46.9 Å². The molecular weight excluding hydrogens is 445 g/mol. The first-order chi connectivity index (χ1) is 14.5. The Morgan fingerprint density at radius 2 is 1.90 bits per heavy atom. The van der Waals surface area contributed by atoms with E-state index in [1.807, 2.05) is 47.1 Å². The Labute approximate surface area is 181 Å². The van der Waals surface area contributed by atoms with Crippen molar-refractivity contribution in [3.8, 4) is 16.8 Å².